The van der Waals surface area contributed by atoms with Crippen molar-refractivity contribution in [3.8, 4) is 5.75 Å². The van der Waals surface area contributed by atoms with E-state index in [4.69, 9.17) is 9.88 Å². The first-order valence-electron chi connectivity index (χ1n) is 6.38. The maximum atomic E-state index is 13.1. The van der Waals surface area contributed by atoms with Crippen molar-refractivity contribution >= 4 is 26.0 Å². The van der Waals surface area contributed by atoms with Crippen LogP contribution in [0.2, 0.25) is 0 Å². The van der Waals surface area contributed by atoms with Gasteiger partial charge in [-0.25, -0.2) is 17.9 Å². The number of ether oxygens (including phenoxy) is 1. The Kier molecular flexibility index (Phi) is 4.71. The molecule has 7 heteroatoms. The zero-order valence-corrected chi connectivity index (χ0v) is 13.3. The first kappa shape index (κ1) is 15.7. The molecule has 2 rings (SSSR count). The minimum atomic E-state index is -3.53. The fourth-order valence-corrected chi connectivity index (χ4v) is 4.27. The van der Waals surface area contributed by atoms with E-state index in [2.05, 4.69) is 15.9 Å². The SMILES string of the molecule is NS(=O)(=O)CC1(COc2ccc(F)c(Br)c2)CCCC1. The van der Waals surface area contributed by atoms with Crippen molar-refractivity contribution in [1.29, 1.82) is 0 Å². The van der Waals surface area contributed by atoms with Crippen molar-refractivity contribution in [2.45, 2.75) is 25.7 Å². The molecule has 0 aromatic heterocycles. The third-order valence-corrected chi connectivity index (χ3v) is 5.23. The second-order valence-electron chi connectivity index (χ2n) is 5.38. The Hall–Kier alpha value is -0.660. The number of halogens is 2. The van der Waals surface area contributed by atoms with Crippen LogP contribution in [0, 0.1) is 11.2 Å². The molecule has 1 aromatic rings. The van der Waals surface area contributed by atoms with Gasteiger partial charge in [-0.1, -0.05) is 12.8 Å². The van der Waals surface area contributed by atoms with Gasteiger partial charge in [-0.15, -0.1) is 0 Å². The van der Waals surface area contributed by atoms with Crippen LogP contribution in [-0.4, -0.2) is 20.8 Å². The Bertz CT molecular complexity index is 585. The summed E-state index contributed by atoms with van der Waals surface area (Å²) in [7, 11) is -3.53. The number of benzene rings is 1. The predicted molar refractivity (Wildman–Crippen MR) is 78.5 cm³/mol. The van der Waals surface area contributed by atoms with Gasteiger partial charge in [-0.05, 0) is 47.0 Å². The van der Waals surface area contributed by atoms with Crippen LogP contribution in [0.15, 0.2) is 22.7 Å². The number of hydrogen-bond donors (Lipinski definition) is 1. The van der Waals surface area contributed by atoms with E-state index in [1.165, 1.54) is 18.2 Å². The zero-order chi connectivity index (χ0) is 14.8. The fraction of sp³-hybridized carbons (Fsp3) is 0.538. The lowest BCUT2D eigenvalue weighted by Gasteiger charge is -2.27. The van der Waals surface area contributed by atoms with Crippen LogP contribution < -0.4 is 9.88 Å². The molecule has 0 unspecified atom stereocenters. The highest BCUT2D eigenvalue weighted by atomic mass is 79.9. The molecule has 0 spiro atoms. The molecule has 1 aromatic carbocycles. The van der Waals surface area contributed by atoms with Crippen LogP contribution in [0.5, 0.6) is 5.75 Å². The maximum absolute atomic E-state index is 13.1. The number of nitrogens with two attached hydrogens (primary N) is 1. The van der Waals surface area contributed by atoms with Gasteiger partial charge in [0, 0.05) is 5.41 Å². The average Bonchev–Trinajstić information content (AvgIpc) is 2.77. The summed E-state index contributed by atoms with van der Waals surface area (Å²) in [5.41, 5.74) is -0.422. The standard InChI is InChI=1S/C13H17BrFNO3S/c14-11-7-10(3-4-12(11)15)19-8-13(5-1-2-6-13)9-20(16,17)18/h3-4,7H,1-2,5-6,8-9H2,(H2,16,17,18). The van der Waals surface area contributed by atoms with Gasteiger partial charge in [-0.3, -0.25) is 0 Å². The maximum Gasteiger partial charge on any atom is 0.209 e. The molecule has 0 saturated heterocycles. The van der Waals surface area contributed by atoms with Crippen LogP contribution in [0.25, 0.3) is 0 Å². The lowest BCUT2D eigenvalue weighted by Crippen LogP contribution is -2.36. The molecule has 1 fully saturated rings. The van der Waals surface area contributed by atoms with E-state index in [1.807, 2.05) is 0 Å². The molecule has 112 valence electrons. The first-order valence-corrected chi connectivity index (χ1v) is 8.89. The van der Waals surface area contributed by atoms with Gasteiger partial charge in [0.05, 0.1) is 16.8 Å². The molecule has 1 aliphatic rings. The minimum Gasteiger partial charge on any atom is -0.493 e. The predicted octanol–water partition coefficient (Wildman–Crippen LogP) is 2.82. The molecule has 1 saturated carbocycles. The molecule has 0 atom stereocenters. The van der Waals surface area contributed by atoms with E-state index in [-0.39, 0.29) is 18.2 Å². The number of hydrogen-bond acceptors (Lipinski definition) is 3. The van der Waals surface area contributed by atoms with Crippen molar-refractivity contribution in [2.24, 2.45) is 10.6 Å². The summed E-state index contributed by atoms with van der Waals surface area (Å²) in [5.74, 6) is 0.0824. The van der Waals surface area contributed by atoms with Crippen molar-refractivity contribution in [1.82, 2.24) is 0 Å². The highest BCUT2D eigenvalue weighted by molar-refractivity contribution is 9.10. The Morgan fingerprint density at radius 3 is 2.55 bits per heavy atom. The molecule has 4 nitrogen and oxygen atoms in total. The van der Waals surface area contributed by atoms with E-state index in [1.54, 1.807) is 0 Å². The molecule has 0 heterocycles. The fourth-order valence-electron chi connectivity index (χ4n) is 2.69. The highest BCUT2D eigenvalue weighted by Crippen LogP contribution is 2.39. The van der Waals surface area contributed by atoms with Crippen molar-refractivity contribution in [3.05, 3.63) is 28.5 Å². The van der Waals surface area contributed by atoms with Crippen molar-refractivity contribution in [2.75, 3.05) is 12.4 Å². The van der Waals surface area contributed by atoms with Gasteiger partial charge in [-0.2, -0.15) is 0 Å². The van der Waals surface area contributed by atoms with Gasteiger partial charge in [0.1, 0.15) is 11.6 Å². The van der Waals surface area contributed by atoms with E-state index in [9.17, 15) is 12.8 Å². The van der Waals surface area contributed by atoms with Crippen molar-refractivity contribution in [3.63, 3.8) is 0 Å². The molecule has 20 heavy (non-hydrogen) atoms. The van der Waals surface area contributed by atoms with Gasteiger partial charge >= 0.3 is 0 Å². The van der Waals surface area contributed by atoms with Gasteiger partial charge < -0.3 is 4.74 Å². The van der Waals surface area contributed by atoms with Crippen LogP contribution in [-0.2, 0) is 10.0 Å². The molecule has 0 amide bonds. The molecule has 2 N–H and O–H groups in total. The van der Waals surface area contributed by atoms with Crippen LogP contribution in [0.4, 0.5) is 4.39 Å². The average molecular weight is 366 g/mol. The summed E-state index contributed by atoms with van der Waals surface area (Å²) >= 11 is 3.09. The summed E-state index contributed by atoms with van der Waals surface area (Å²) in [6.07, 6.45) is 3.52. The van der Waals surface area contributed by atoms with Gasteiger partial charge in [0.2, 0.25) is 10.0 Å². The summed E-state index contributed by atoms with van der Waals surface area (Å²) in [5, 5.41) is 5.17. The van der Waals surface area contributed by atoms with Crippen molar-refractivity contribution < 1.29 is 17.5 Å². The minimum absolute atomic E-state index is 0.0671. The van der Waals surface area contributed by atoms with Gasteiger partial charge in [0.15, 0.2) is 0 Å². The topological polar surface area (TPSA) is 69.4 Å². The van der Waals surface area contributed by atoms with Crippen LogP contribution in [0.1, 0.15) is 25.7 Å². The third-order valence-electron chi connectivity index (χ3n) is 3.61. The van der Waals surface area contributed by atoms with E-state index >= 15 is 0 Å². The molecule has 1 aliphatic carbocycles. The molecule has 0 radical (unpaired) electrons. The van der Waals surface area contributed by atoms with Crippen LogP contribution in [0.3, 0.4) is 0 Å². The summed E-state index contributed by atoms with van der Waals surface area (Å²) < 4.78 is 41.9. The van der Waals surface area contributed by atoms with E-state index in [0.29, 0.717) is 10.2 Å². The number of sulfonamides is 1. The first-order chi connectivity index (χ1) is 9.30. The largest absolute Gasteiger partial charge is 0.493 e. The van der Waals surface area contributed by atoms with E-state index in [0.717, 1.165) is 25.7 Å². The Morgan fingerprint density at radius 2 is 2.00 bits per heavy atom. The zero-order valence-electron chi connectivity index (χ0n) is 10.9. The summed E-state index contributed by atoms with van der Waals surface area (Å²) in [6, 6.07) is 4.37. The quantitative estimate of drug-likeness (QED) is 0.871. The lowest BCUT2D eigenvalue weighted by molar-refractivity contribution is 0.170. The molecular formula is C13H17BrFNO3S. The Labute approximate surface area is 126 Å². The monoisotopic (exact) mass is 365 g/mol. The summed E-state index contributed by atoms with van der Waals surface area (Å²) in [4.78, 5) is 0. The van der Waals surface area contributed by atoms with E-state index < -0.39 is 15.4 Å². The molecular weight excluding hydrogens is 349 g/mol. The number of primary sulfonamides is 1. The smallest absolute Gasteiger partial charge is 0.209 e. The van der Waals surface area contributed by atoms with Crippen LogP contribution >= 0.6 is 15.9 Å². The molecule has 0 aliphatic heterocycles. The lowest BCUT2D eigenvalue weighted by atomic mass is 9.90. The molecule has 0 bridgehead atoms. The van der Waals surface area contributed by atoms with Gasteiger partial charge in [0.25, 0.3) is 0 Å². The summed E-state index contributed by atoms with van der Waals surface area (Å²) in [6.45, 7) is 0.279. The highest BCUT2D eigenvalue weighted by Gasteiger charge is 2.38. The normalized spacial score (nSPS) is 18.1. The second-order valence-corrected chi connectivity index (χ2v) is 7.85. The second kappa shape index (κ2) is 5.99. The third kappa shape index (κ3) is 4.17. The Balaban J connectivity index is 2.07. The Morgan fingerprint density at radius 1 is 1.35 bits per heavy atom. The number of rotatable bonds is 5.